The third-order valence-electron chi connectivity index (χ3n) is 3.65. The van der Waals surface area contributed by atoms with Crippen molar-refractivity contribution in [1.29, 1.82) is 0 Å². The summed E-state index contributed by atoms with van der Waals surface area (Å²) < 4.78 is 28.7. The monoisotopic (exact) mass is 320 g/mol. The van der Waals surface area contributed by atoms with Crippen LogP contribution in [-0.2, 0) is 22.8 Å². The third-order valence-corrected chi connectivity index (χ3v) is 6.80. The first-order valence-electron chi connectivity index (χ1n) is 8.32. The summed E-state index contributed by atoms with van der Waals surface area (Å²) in [5.74, 6) is 0.572. The Kier molecular flexibility index (Phi) is 9.71. The van der Waals surface area contributed by atoms with E-state index in [0.717, 1.165) is 38.7 Å². The Labute approximate surface area is 130 Å². The molecule has 2 unspecified atom stereocenters. The molecule has 0 spiro atoms. The number of hydrogen-bond donors (Lipinski definition) is 0. The van der Waals surface area contributed by atoms with Crippen LogP contribution in [-0.4, -0.2) is 54.5 Å². The molecule has 1 aliphatic heterocycles. The van der Waals surface area contributed by atoms with Crippen molar-refractivity contribution in [2.75, 3.05) is 39.6 Å². The molecule has 0 amide bonds. The first-order chi connectivity index (χ1) is 10.2. The molecule has 1 saturated heterocycles. The van der Waals surface area contributed by atoms with Gasteiger partial charge in [0.15, 0.2) is 0 Å². The van der Waals surface area contributed by atoms with Crippen LogP contribution in [0.5, 0.6) is 0 Å². The largest absolute Gasteiger partial charge is 0.501 e. The Morgan fingerprint density at radius 3 is 2.05 bits per heavy atom. The molecule has 0 aromatic rings. The van der Waals surface area contributed by atoms with Crippen LogP contribution in [0.2, 0.25) is 6.04 Å². The summed E-state index contributed by atoms with van der Waals surface area (Å²) in [6.45, 7) is 12.4. The van der Waals surface area contributed by atoms with Crippen molar-refractivity contribution in [3.8, 4) is 0 Å². The van der Waals surface area contributed by atoms with E-state index in [1.807, 2.05) is 20.8 Å². The minimum absolute atomic E-state index is 0.397. The zero-order valence-corrected chi connectivity index (χ0v) is 15.1. The highest BCUT2D eigenvalue weighted by Crippen LogP contribution is 2.23. The molecular weight excluding hydrogens is 288 g/mol. The molecule has 0 aromatic heterocycles. The Hall–Kier alpha value is 0.0169. The molecule has 1 fully saturated rings. The number of ether oxygens (including phenoxy) is 2. The average molecular weight is 321 g/mol. The summed E-state index contributed by atoms with van der Waals surface area (Å²) in [6.07, 6.45) is 2.38. The fourth-order valence-corrected chi connectivity index (χ4v) is 5.18. The SMILES string of the molecule is CCO[Si](CCCOCC1COC1CC)(OCC)OCC. The third kappa shape index (κ3) is 6.34. The van der Waals surface area contributed by atoms with Gasteiger partial charge in [0.2, 0.25) is 0 Å². The Balaban J connectivity index is 2.22. The zero-order chi connectivity index (χ0) is 15.6. The topological polar surface area (TPSA) is 46.2 Å². The number of hydrogen-bond acceptors (Lipinski definition) is 5. The predicted molar refractivity (Wildman–Crippen MR) is 84.4 cm³/mol. The van der Waals surface area contributed by atoms with Gasteiger partial charge in [0.25, 0.3) is 0 Å². The zero-order valence-electron chi connectivity index (χ0n) is 14.1. The van der Waals surface area contributed by atoms with E-state index in [1.54, 1.807) is 0 Å². The van der Waals surface area contributed by atoms with E-state index >= 15 is 0 Å². The highest BCUT2D eigenvalue weighted by atomic mass is 28.4. The van der Waals surface area contributed by atoms with Crippen molar-refractivity contribution in [3.05, 3.63) is 0 Å². The van der Waals surface area contributed by atoms with Crippen LogP contribution in [0.4, 0.5) is 0 Å². The van der Waals surface area contributed by atoms with Crippen LogP contribution in [0.1, 0.15) is 40.5 Å². The lowest BCUT2D eigenvalue weighted by Crippen LogP contribution is -2.46. The maximum absolute atomic E-state index is 5.82. The first-order valence-corrected chi connectivity index (χ1v) is 10.3. The van der Waals surface area contributed by atoms with Gasteiger partial charge in [0, 0.05) is 38.4 Å². The van der Waals surface area contributed by atoms with Crippen LogP contribution in [0.3, 0.4) is 0 Å². The van der Waals surface area contributed by atoms with Gasteiger partial charge in [0.1, 0.15) is 0 Å². The maximum atomic E-state index is 5.82. The van der Waals surface area contributed by atoms with Gasteiger partial charge in [-0.1, -0.05) is 6.92 Å². The minimum Gasteiger partial charge on any atom is -0.381 e. The summed E-state index contributed by atoms with van der Waals surface area (Å²) in [7, 11) is -2.49. The molecule has 21 heavy (non-hydrogen) atoms. The summed E-state index contributed by atoms with van der Waals surface area (Å²) in [4.78, 5) is 0. The van der Waals surface area contributed by atoms with Crippen LogP contribution < -0.4 is 0 Å². The fourth-order valence-electron chi connectivity index (χ4n) is 2.60. The van der Waals surface area contributed by atoms with Gasteiger partial charge in [-0.2, -0.15) is 0 Å². The van der Waals surface area contributed by atoms with Crippen molar-refractivity contribution >= 4 is 8.80 Å². The second kappa shape index (κ2) is 10.7. The molecule has 0 radical (unpaired) electrons. The van der Waals surface area contributed by atoms with Gasteiger partial charge in [-0.05, 0) is 33.6 Å². The molecule has 0 bridgehead atoms. The van der Waals surface area contributed by atoms with Gasteiger partial charge in [-0.15, -0.1) is 0 Å². The normalized spacial score (nSPS) is 22.3. The second-order valence-corrected chi connectivity index (χ2v) is 7.93. The van der Waals surface area contributed by atoms with E-state index in [9.17, 15) is 0 Å². The quantitative estimate of drug-likeness (QED) is 0.386. The van der Waals surface area contributed by atoms with Gasteiger partial charge >= 0.3 is 8.80 Å². The number of rotatable bonds is 13. The van der Waals surface area contributed by atoms with Crippen molar-refractivity contribution in [2.24, 2.45) is 5.92 Å². The fraction of sp³-hybridized carbons (Fsp3) is 1.00. The molecule has 1 heterocycles. The van der Waals surface area contributed by atoms with Crippen molar-refractivity contribution in [1.82, 2.24) is 0 Å². The minimum atomic E-state index is -2.49. The summed E-state index contributed by atoms with van der Waals surface area (Å²) in [6, 6.07) is 0.820. The van der Waals surface area contributed by atoms with Gasteiger partial charge < -0.3 is 22.8 Å². The molecule has 126 valence electrons. The molecule has 0 aliphatic carbocycles. The maximum Gasteiger partial charge on any atom is 0.501 e. The molecular formula is C15H32O5Si. The summed E-state index contributed by atoms with van der Waals surface area (Å²) >= 11 is 0. The van der Waals surface area contributed by atoms with E-state index in [1.165, 1.54) is 0 Å². The molecule has 0 N–H and O–H groups in total. The van der Waals surface area contributed by atoms with Crippen LogP contribution in [0.25, 0.3) is 0 Å². The van der Waals surface area contributed by atoms with Crippen molar-refractivity contribution in [2.45, 2.75) is 52.7 Å². The lowest BCUT2D eigenvalue weighted by Gasteiger charge is -2.36. The Bertz CT molecular complexity index is 245. The van der Waals surface area contributed by atoms with E-state index in [4.69, 9.17) is 22.8 Å². The Morgan fingerprint density at radius 2 is 1.62 bits per heavy atom. The lowest BCUT2D eigenvalue weighted by atomic mass is 9.97. The summed E-state index contributed by atoms with van der Waals surface area (Å²) in [5.41, 5.74) is 0. The molecule has 5 nitrogen and oxygen atoms in total. The van der Waals surface area contributed by atoms with E-state index in [2.05, 4.69) is 6.92 Å². The highest BCUT2D eigenvalue weighted by Gasteiger charge is 2.39. The van der Waals surface area contributed by atoms with Crippen LogP contribution >= 0.6 is 0 Å². The van der Waals surface area contributed by atoms with E-state index < -0.39 is 8.80 Å². The van der Waals surface area contributed by atoms with E-state index in [0.29, 0.717) is 31.8 Å². The van der Waals surface area contributed by atoms with Crippen molar-refractivity contribution < 1.29 is 22.8 Å². The molecule has 6 heteroatoms. The molecule has 2 atom stereocenters. The molecule has 1 rings (SSSR count). The van der Waals surface area contributed by atoms with Gasteiger partial charge in [0.05, 0.1) is 19.3 Å². The van der Waals surface area contributed by atoms with Gasteiger partial charge in [-0.25, -0.2) is 0 Å². The highest BCUT2D eigenvalue weighted by molar-refractivity contribution is 6.60. The predicted octanol–water partition coefficient (Wildman–Crippen LogP) is 2.87. The van der Waals surface area contributed by atoms with E-state index in [-0.39, 0.29) is 0 Å². The van der Waals surface area contributed by atoms with Crippen molar-refractivity contribution in [3.63, 3.8) is 0 Å². The molecule has 1 aliphatic rings. The average Bonchev–Trinajstić information content (AvgIpc) is 2.43. The Morgan fingerprint density at radius 1 is 1.00 bits per heavy atom. The second-order valence-electron chi connectivity index (χ2n) is 5.20. The van der Waals surface area contributed by atoms with Crippen LogP contribution in [0.15, 0.2) is 0 Å². The molecule has 0 aromatic carbocycles. The lowest BCUT2D eigenvalue weighted by molar-refractivity contribution is -0.140. The standard InChI is InChI=1S/C15H32O5Si/c1-5-15-14(13-17-15)12-16-10-9-11-21(18-6-2,19-7-3)20-8-4/h14-15H,5-13H2,1-4H3. The smallest absolute Gasteiger partial charge is 0.381 e. The summed E-state index contributed by atoms with van der Waals surface area (Å²) in [5, 5.41) is 0. The molecule has 0 saturated carbocycles. The van der Waals surface area contributed by atoms with Gasteiger partial charge in [-0.3, -0.25) is 0 Å². The first kappa shape index (κ1) is 19.1. The van der Waals surface area contributed by atoms with Crippen LogP contribution in [0, 0.1) is 5.92 Å².